The van der Waals surface area contributed by atoms with Crippen LogP contribution in [0.4, 0.5) is 4.39 Å². The Morgan fingerprint density at radius 1 is 0.914 bits per heavy atom. The molecule has 2 aromatic carbocycles. The van der Waals surface area contributed by atoms with E-state index in [1.165, 1.54) is 12.1 Å². The summed E-state index contributed by atoms with van der Waals surface area (Å²) in [6.07, 6.45) is 5.47. The van der Waals surface area contributed by atoms with Crippen LogP contribution in [0.5, 0.6) is 0 Å². The van der Waals surface area contributed by atoms with Crippen molar-refractivity contribution in [1.29, 1.82) is 0 Å². The van der Waals surface area contributed by atoms with E-state index in [1.807, 2.05) is 56.8 Å². The summed E-state index contributed by atoms with van der Waals surface area (Å²) in [5.74, 6) is 0.351. The number of rotatable bonds is 5. The van der Waals surface area contributed by atoms with E-state index in [4.69, 9.17) is 4.98 Å². The number of nitrogens with one attached hydrogen (secondary N) is 2. The maximum absolute atomic E-state index is 13.9. The monoisotopic (exact) mass is 463 g/mol. The van der Waals surface area contributed by atoms with Crippen LogP contribution in [-0.4, -0.2) is 49.1 Å². The molecule has 4 aromatic heterocycles. The number of benzene rings is 2. The highest BCUT2D eigenvalue weighted by Crippen LogP contribution is 2.32. The van der Waals surface area contributed by atoms with Crippen LogP contribution in [0.3, 0.4) is 0 Å². The smallest absolute Gasteiger partial charge is 0.159 e. The molecule has 0 atom stereocenters. The molecule has 7 nitrogen and oxygen atoms in total. The SMILES string of the molecule is CN(C)Cc1cncc(-c2cc3c(-c4nc5c(-c6cccc(F)c6)cccc5[nH]4)n[nH]c3cn2)c1. The van der Waals surface area contributed by atoms with Gasteiger partial charge in [-0.3, -0.25) is 15.1 Å². The quantitative estimate of drug-likeness (QED) is 0.356. The van der Waals surface area contributed by atoms with Crippen LogP contribution in [0.2, 0.25) is 0 Å². The van der Waals surface area contributed by atoms with Crippen LogP contribution >= 0.6 is 0 Å². The third-order valence-corrected chi connectivity index (χ3v) is 5.91. The van der Waals surface area contributed by atoms with Gasteiger partial charge in [-0.25, -0.2) is 9.37 Å². The summed E-state index contributed by atoms with van der Waals surface area (Å²) < 4.78 is 13.9. The molecule has 2 N–H and O–H groups in total. The molecule has 0 unspecified atom stereocenters. The summed E-state index contributed by atoms with van der Waals surface area (Å²) in [5, 5.41) is 8.49. The molecule has 0 bridgehead atoms. The van der Waals surface area contributed by atoms with Gasteiger partial charge in [-0.2, -0.15) is 5.10 Å². The van der Waals surface area contributed by atoms with Crippen molar-refractivity contribution in [2.24, 2.45) is 0 Å². The van der Waals surface area contributed by atoms with E-state index in [9.17, 15) is 4.39 Å². The van der Waals surface area contributed by atoms with Gasteiger partial charge in [0.1, 0.15) is 11.5 Å². The van der Waals surface area contributed by atoms with Gasteiger partial charge in [0.05, 0.1) is 28.4 Å². The lowest BCUT2D eigenvalue weighted by molar-refractivity contribution is 0.402. The molecular weight excluding hydrogens is 441 g/mol. The average molecular weight is 464 g/mol. The van der Waals surface area contributed by atoms with Crippen LogP contribution < -0.4 is 0 Å². The van der Waals surface area contributed by atoms with Crippen molar-refractivity contribution in [2.45, 2.75) is 6.54 Å². The van der Waals surface area contributed by atoms with E-state index >= 15 is 0 Å². The number of hydrogen-bond acceptors (Lipinski definition) is 5. The van der Waals surface area contributed by atoms with Crippen molar-refractivity contribution in [3.05, 3.63) is 84.6 Å². The minimum Gasteiger partial charge on any atom is -0.337 e. The lowest BCUT2D eigenvalue weighted by atomic mass is 10.0. The second kappa shape index (κ2) is 8.41. The number of aromatic nitrogens is 6. The zero-order valence-electron chi connectivity index (χ0n) is 19.2. The van der Waals surface area contributed by atoms with Crippen molar-refractivity contribution in [1.82, 2.24) is 35.0 Å². The fraction of sp³-hybridized carbons (Fsp3) is 0.111. The van der Waals surface area contributed by atoms with Gasteiger partial charge in [0.25, 0.3) is 0 Å². The predicted octanol–water partition coefficient (Wildman–Crippen LogP) is 5.43. The molecule has 6 rings (SSSR count). The van der Waals surface area contributed by atoms with Gasteiger partial charge in [0, 0.05) is 35.5 Å². The molecule has 4 heterocycles. The van der Waals surface area contributed by atoms with E-state index in [-0.39, 0.29) is 5.82 Å². The van der Waals surface area contributed by atoms with Crippen molar-refractivity contribution >= 4 is 21.9 Å². The van der Waals surface area contributed by atoms with Gasteiger partial charge in [-0.15, -0.1) is 0 Å². The van der Waals surface area contributed by atoms with Crippen molar-refractivity contribution in [2.75, 3.05) is 14.1 Å². The first-order chi connectivity index (χ1) is 17.0. The van der Waals surface area contributed by atoms with Crippen LogP contribution in [0.1, 0.15) is 5.56 Å². The van der Waals surface area contributed by atoms with E-state index in [0.29, 0.717) is 11.5 Å². The third-order valence-electron chi connectivity index (χ3n) is 5.91. The minimum atomic E-state index is -0.280. The summed E-state index contributed by atoms with van der Waals surface area (Å²) in [4.78, 5) is 19.4. The maximum Gasteiger partial charge on any atom is 0.159 e. The first-order valence-electron chi connectivity index (χ1n) is 11.2. The number of pyridine rings is 2. The number of hydrogen-bond donors (Lipinski definition) is 2. The molecule has 0 aliphatic rings. The van der Waals surface area contributed by atoms with Gasteiger partial charge in [0.2, 0.25) is 0 Å². The normalized spacial score (nSPS) is 11.7. The standard InChI is InChI=1S/C27H22FN7/c1-35(2)15-16-9-18(13-29-12-16)23-11-21-24(14-30-23)33-34-26(21)27-31-22-8-4-7-20(25(22)32-27)17-5-3-6-19(28)10-17/h3-14H,15H2,1-2H3,(H,31,32)(H,33,34). The summed E-state index contributed by atoms with van der Waals surface area (Å²) in [7, 11) is 4.06. The predicted molar refractivity (Wildman–Crippen MR) is 135 cm³/mol. The van der Waals surface area contributed by atoms with Crippen molar-refractivity contribution < 1.29 is 4.39 Å². The second-order valence-corrected chi connectivity index (χ2v) is 8.80. The van der Waals surface area contributed by atoms with Gasteiger partial charge in [-0.1, -0.05) is 24.3 Å². The van der Waals surface area contributed by atoms with Crippen LogP contribution in [0.25, 0.3) is 55.8 Å². The Morgan fingerprint density at radius 2 is 1.80 bits per heavy atom. The largest absolute Gasteiger partial charge is 0.337 e. The highest BCUT2D eigenvalue weighted by Gasteiger charge is 2.16. The molecule has 0 spiro atoms. The Bertz CT molecular complexity index is 1680. The highest BCUT2D eigenvalue weighted by molar-refractivity contribution is 5.97. The molecule has 0 saturated heterocycles. The molecule has 0 amide bonds. The number of para-hydroxylation sites is 1. The fourth-order valence-electron chi connectivity index (χ4n) is 4.37. The van der Waals surface area contributed by atoms with Gasteiger partial charge in [0.15, 0.2) is 5.82 Å². The van der Waals surface area contributed by atoms with E-state index in [0.717, 1.165) is 56.4 Å². The number of nitrogens with zero attached hydrogens (tertiary/aromatic N) is 5. The molecule has 0 aliphatic carbocycles. The van der Waals surface area contributed by atoms with Gasteiger partial charge in [-0.05, 0) is 55.6 Å². The zero-order valence-corrected chi connectivity index (χ0v) is 19.2. The molecule has 8 heteroatoms. The molecule has 0 saturated carbocycles. The molecular formula is C27H22FN7. The number of aromatic amines is 2. The van der Waals surface area contributed by atoms with E-state index < -0.39 is 0 Å². The molecule has 6 aromatic rings. The summed E-state index contributed by atoms with van der Waals surface area (Å²) in [5.41, 5.74) is 7.62. The number of imidazole rings is 1. The Kier molecular flexibility index (Phi) is 5.08. The number of fused-ring (bicyclic) bond motifs is 2. The van der Waals surface area contributed by atoms with Gasteiger partial charge >= 0.3 is 0 Å². The first-order valence-corrected chi connectivity index (χ1v) is 11.2. The first kappa shape index (κ1) is 21.1. The van der Waals surface area contributed by atoms with Gasteiger partial charge < -0.3 is 9.88 Å². The topological polar surface area (TPSA) is 86.4 Å². The average Bonchev–Trinajstić information content (AvgIpc) is 3.47. The minimum absolute atomic E-state index is 0.280. The maximum atomic E-state index is 13.9. The molecule has 0 aliphatic heterocycles. The summed E-state index contributed by atoms with van der Waals surface area (Å²) >= 11 is 0. The lowest BCUT2D eigenvalue weighted by Gasteiger charge is -2.10. The Hall–Kier alpha value is -4.43. The van der Waals surface area contributed by atoms with Crippen LogP contribution in [0, 0.1) is 5.82 Å². The summed E-state index contributed by atoms with van der Waals surface area (Å²) in [6, 6.07) is 16.5. The molecule has 0 radical (unpaired) electrons. The zero-order chi connectivity index (χ0) is 23.9. The van der Waals surface area contributed by atoms with Crippen LogP contribution in [-0.2, 0) is 6.54 Å². The van der Waals surface area contributed by atoms with E-state index in [1.54, 1.807) is 12.3 Å². The molecule has 35 heavy (non-hydrogen) atoms. The molecule has 0 fully saturated rings. The Labute approximate surface area is 200 Å². The van der Waals surface area contributed by atoms with Crippen molar-refractivity contribution in [3.63, 3.8) is 0 Å². The Balaban J connectivity index is 1.45. The lowest BCUT2D eigenvalue weighted by Crippen LogP contribution is -2.10. The highest BCUT2D eigenvalue weighted by atomic mass is 19.1. The van der Waals surface area contributed by atoms with E-state index in [2.05, 4.69) is 36.1 Å². The third kappa shape index (κ3) is 3.94. The number of halogens is 1. The van der Waals surface area contributed by atoms with Crippen molar-refractivity contribution in [3.8, 4) is 33.9 Å². The summed E-state index contributed by atoms with van der Waals surface area (Å²) in [6.45, 7) is 0.798. The number of H-pyrrole nitrogens is 2. The fourth-order valence-corrected chi connectivity index (χ4v) is 4.37. The second-order valence-electron chi connectivity index (χ2n) is 8.80. The molecule has 172 valence electrons. The van der Waals surface area contributed by atoms with Crippen LogP contribution in [0.15, 0.2) is 73.2 Å². The Morgan fingerprint density at radius 3 is 2.66 bits per heavy atom.